The van der Waals surface area contributed by atoms with Crippen molar-refractivity contribution in [1.82, 2.24) is 4.90 Å². The van der Waals surface area contributed by atoms with Gasteiger partial charge >= 0.3 is 12.1 Å². The molecular weight excluding hydrogens is 281 g/mol. The third-order valence-corrected chi connectivity index (χ3v) is 3.08. The van der Waals surface area contributed by atoms with E-state index in [1.807, 2.05) is 0 Å². The second kappa shape index (κ2) is 5.14. The SMILES string of the molecule is O=C(O)C1=NOC(C(=O)N2CC=C(C(F)(F)F)CC2)C1. The number of carboxylic acid groups (broad SMARTS) is 1. The number of oxime groups is 1. The molecule has 0 aliphatic carbocycles. The Morgan fingerprint density at radius 2 is 2.15 bits per heavy atom. The highest BCUT2D eigenvalue weighted by Gasteiger charge is 2.38. The maximum atomic E-state index is 12.4. The van der Waals surface area contributed by atoms with Gasteiger partial charge in [0.25, 0.3) is 5.91 Å². The Morgan fingerprint density at radius 1 is 1.45 bits per heavy atom. The molecule has 1 N–H and O–H groups in total. The van der Waals surface area contributed by atoms with Crippen LogP contribution in [0.2, 0.25) is 0 Å². The fourth-order valence-electron chi connectivity index (χ4n) is 1.97. The number of hydrogen-bond donors (Lipinski definition) is 1. The van der Waals surface area contributed by atoms with Gasteiger partial charge in [-0.25, -0.2) is 4.79 Å². The van der Waals surface area contributed by atoms with Crippen molar-refractivity contribution in [2.45, 2.75) is 25.1 Å². The van der Waals surface area contributed by atoms with Crippen LogP contribution in [0.5, 0.6) is 0 Å². The Balaban J connectivity index is 1.94. The number of alkyl halides is 3. The Bertz CT molecular complexity index is 498. The Morgan fingerprint density at radius 3 is 2.60 bits per heavy atom. The van der Waals surface area contributed by atoms with Crippen LogP contribution in [0, 0.1) is 0 Å². The van der Waals surface area contributed by atoms with E-state index in [2.05, 4.69) is 5.16 Å². The van der Waals surface area contributed by atoms with Gasteiger partial charge in [0.15, 0.2) is 5.71 Å². The zero-order chi connectivity index (χ0) is 14.9. The molecular formula is C11H11F3N2O4. The summed E-state index contributed by atoms with van der Waals surface area (Å²) in [6, 6.07) is 0. The number of rotatable bonds is 2. The highest BCUT2D eigenvalue weighted by atomic mass is 19.4. The summed E-state index contributed by atoms with van der Waals surface area (Å²) in [6.45, 7) is -0.248. The summed E-state index contributed by atoms with van der Waals surface area (Å²) in [5, 5.41) is 11.9. The Labute approximate surface area is 111 Å². The van der Waals surface area contributed by atoms with Gasteiger partial charge in [-0.15, -0.1) is 0 Å². The van der Waals surface area contributed by atoms with Crippen LogP contribution >= 0.6 is 0 Å². The lowest BCUT2D eigenvalue weighted by Crippen LogP contribution is -2.42. The van der Waals surface area contributed by atoms with E-state index in [4.69, 9.17) is 9.94 Å². The van der Waals surface area contributed by atoms with Crippen LogP contribution in [-0.4, -0.2) is 53.0 Å². The van der Waals surface area contributed by atoms with Crippen molar-refractivity contribution in [2.24, 2.45) is 5.16 Å². The number of halogens is 3. The molecule has 9 heteroatoms. The fraction of sp³-hybridized carbons (Fsp3) is 0.545. The molecule has 0 aromatic heterocycles. The molecule has 110 valence electrons. The number of carbonyl (C=O) groups is 2. The van der Waals surface area contributed by atoms with Gasteiger partial charge in [0, 0.05) is 25.1 Å². The molecule has 20 heavy (non-hydrogen) atoms. The average Bonchev–Trinajstić information content (AvgIpc) is 2.86. The van der Waals surface area contributed by atoms with E-state index in [0.29, 0.717) is 0 Å². The molecule has 0 aromatic carbocycles. The van der Waals surface area contributed by atoms with E-state index in [-0.39, 0.29) is 31.6 Å². The summed E-state index contributed by atoms with van der Waals surface area (Å²) in [5.74, 6) is -1.83. The van der Waals surface area contributed by atoms with Crippen LogP contribution in [0.4, 0.5) is 13.2 Å². The van der Waals surface area contributed by atoms with Crippen molar-refractivity contribution < 1.29 is 32.7 Å². The van der Waals surface area contributed by atoms with Crippen molar-refractivity contribution in [2.75, 3.05) is 13.1 Å². The van der Waals surface area contributed by atoms with E-state index in [9.17, 15) is 22.8 Å². The molecule has 0 fully saturated rings. The van der Waals surface area contributed by atoms with E-state index >= 15 is 0 Å². The second-order valence-corrected chi connectivity index (χ2v) is 4.40. The van der Waals surface area contributed by atoms with Gasteiger partial charge in [-0.3, -0.25) is 4.79 Å². The molecule has 6 nitrogen and oxygen atoms in total. The molecule has 0 aromatic rings. The first-order chi connectivity index (χ1) is 9.29. The van der Waals surface area contributed by atoms with Gasteiger partial charge in [-0.1, -0.05) is 11.2 Å². The number of carbonyl (C=O) groups excluding carboxylic acids is 1. The molecule has 1 amide bonds. The lowest BCUT2D eigenvalue weighted by atomic mass is 10.1. The van der Waals surface area contributed by atoms with Crippen molar-refractivity contribution in [3.8, 4) is 0 Å². The molecule has 0 radical (unpaired) electrons. The van der Waals surface area contributed by atoms with Crippen LogP contribution in [0.3, 0.4) is 0 Å². The number of aliphatic carboxylic acids is 1. The summed E-state index contributed by atoms with van der Waals surface area (Å²) < 4.78 is 37.3. The van der Waals surface area contributed by atoms with E-state index in [1.54, 1.807) is 0 Å². The van der Waals surface area contributed by atoms with Crippen molar-refractivity contribution >= 4 is 17.6 Å². The highest BCUT2D eigenvalue weighted by molar-refractivity contribution is 6.36. The molecule has 2 rings (SSSR count). The van der Waals surface area contributed by atoms with Crippen molar-refractivity contribution in [3.63, 3.8) is 0 Å². The molecule has 2 aliphatic heterocycles. The molecule has 2 aliphatic rings. The van der Waals surface area contributed by atoms with Gasteiger partial charge in [0.1, 0.15) is 0 Å². The lowest BCUT2D eigenvalue weighted by molar-refractivity contribution is -0.142. The van der Waals surface area contributed by atoms with Crippen LogP contribution < -0.4 is 0 Å². The molecule has 0 saturated heterocycles. The number of nitrogens with zero attached hydrogens (tertiary/aromatic N) is 2. The van der Waals surface area contributed by atoms with Crippen molar-refractivity contribution in [1.29, 1.82) is 0 Å². The standard InChI is InChI=1S/C11H11F3N2O4/c12-11(13,14)6-1-3-16(4-2-6)9(17)8-5-7(10(18)19)15-20-8/h1,8H,2-5H2,(H,18,19). The highest BCUT2D eigenvalue weighted by Crippen LogP contribution is 2.30. The van der Waals surface area contributed by atoms with Crippen LogP contribution in [0.15, 0.2) is 16.8 Å². The summed E-state index contributed by atoms with van der Waals surface area (Å²) in [7, 11) is 0. The topological polar surface area (TPSA) is 79.2 Å². The number of carboxylic acids is 1. The van der Waals surface area contributed by atoms with E-state index < -0.39 is 29.7 Å². The maximum Gasteiger partial charge on any atom is 0.412 e. The largest absolute Gasteiger partial charge is 0.477 e. The first kappa shape index (κ1) is 14.4. The van der Waals surface area contributed by atoms with Gasteiger partial charge in [-0.2, -0.15) is 13.2 Å². The van der Waals surface area contributed by atoms with Gasteiger partial charge < -0.3 is 14.8 Å². The smallest absolute Gasteiger partial charge is 0.412 e. The van der Waals surface area contributed by atoms with Crippen LogP contribution in [0.25, 0.3) is 0 Å². The monoisotopic (exact) mass is 292 g/mol. The minimum absolute atomic E-state index is 0.0769. The zero-order valence-electron chi connectivity index (χ0n) is 10.2. The number of hydrogen-bond acceptors (Lipinski definition) is 4. The third-order valence-electron chi connectivity index (χ3n) is 3.08. The predicted molar refractivity (Wildman–Crippen MR) is 59.9 cm³/mol. The number of amides is 1. The Hall–Kier alpha value is -2.06. The first-order valence-corrected chi connectivity index (χ1v) is 5.80. The fourth-order valence-corrected chi connectivity index (χ4v) is 1.97. The first-order valence-electron chi connectivity index (χ1n) is 5.80. The summed E-state index contributed by atoms with van der Waals surface area (Å²) in [4.78, 5) is 28.5. The summed E-state index contributed by atoms with van der Waals surface area (Å²) in [5.41, 5.74) is -0.928. The minimum atomic E-state index is -4.38. The molecule has 0 spiro atoms. The van der Waals surface area contributed by atoms with Crippen LogP contribution in [-0.2, 0) is 14.4 Å². The Kier molecular flexibility index (Phi) is 3.69. The van der Waals surface area contributed by atoms with Gasteiger partial charge in [0.2, 0.25) is 6.10 Å². The molecule has 1 atom stereocenters. The second-order valence-electron chi connectivity index (χ2n) is 4.40. The quantitative estimate of drug-likeness (QED) is 0.768. The molecule has 0 bridgehead atoms. The average molecular weight is 292 g/mol. The van der Waals surface area contributed by atoms with Crippen LogP contribution in [0.1, 0.15) is 12.8 Å². The third kappa shape index (κ3) is 2.91. The summed E-state index contributed by atoms with van der Waals surface area (Å²) >= 11 is 0. The predicted octanol–water partition coefficient (Wildman–Crippen LogP) is 0.937. The molecule has 0 saturated carbocycles. The zero-order valence-corrected chi connectivity index (χ0v) is 10.2. The molecule has 1 unspecified atom stereocenters. The van der Waals surface area contributed by atoms with E-state index in [1.165, 1.54) is 4.90 Å². The normalized spacial score (nSPS) is 22.9. The molecule has 2 heterocycles. The lowest BCUT2D eigenvalue weighted by Gasteiger charge is -2.28. The maximum absolute atomic E-state index is 12.4. The van der Waals surface area contributed by atoms with Gasteiger partial charge in [0.05, 0.1) is 0 Å². The van der Waals surface area contributed by atoms with Crippen molar-refractivity contribution in [3.05, 3.63) is 11.6 Å². The van der Waals surface area contributed by atoms with E-state index in [0.717, 1.165) is 6.08 Å². The van der Waals surface area contributed by atoms with Gasteiger partial charge in [-0.05, 0) is 6.42 Å². The minimum Gasteiger partial charge on any atom is -0.477 e. The summed E-state index contributed by atoms with van der Waals surface area (Å²) in [6.07, 6.45) is -4.95.